The number of aryl methyl sites for hydroxylation is 1. The minimum Gasteiger partial charge on any atom is -0.399 e. The normalized spacial score (nSPS) is 15.4. The second-order valence-corrected chi connectivity index (χ2v) is 6.64. The lowest BCUT2D eigenvalue weighted by molar-refractivity contribution is 0.410. The number of benzene rings is 1. The SMILES string of the molecule is Cc1ccc(N)cc1S(=O)(=O)N(CCC#N)C1CC1. The summed E-state index contributed by atoms with van der Waals surface area (Å²) in [5, 5.41) is 8.66. The van der Waals surface area contributed by atoms with Gasteiger partial charge >= 0.3 is 0 Å². The average Bonchev–Trinajstić information content (AvgIpc) is 3.17. The van der Waals surface area contributed by atoms with E-state index in [9.17, 15) is 8.42 Å². The summed E-state index contributed by atoms with van der Waals surface area (Å²) in [6.45, 7) is 2.00. The third-order valence-corrected chi connectivity index (χ3v) is 5.29. The molecule has 1 aromatic carbocycles. The van der Waals surface area contributed by atoms with Crippen molar-refractivity contribution in [3.8, 4) is 6.07 Å². The van der Waals surface area contributed by atoms with Crippen LogP contribution in [0.25, 0.3) is 0 Å². The third-order valence-electron chi connectivity index (χ3n) is 3.20. The average molecular weight is 279 g/mol. The minimum absolute atomic E-state index is 0.0409. The fourth-order valence-electron chi connectivity index (χ4n) is 2.04. The minimum atomic E-state index is -3.56. The van der Waals surface area contributed by atoms with Crippen molar-refractivity contribution in [2.24, 2.45) is 0 Å². The van der Waals surface area contributed by atoms with Gasteiger partial charge in [0.2, 0.25) is 10.0 Å². The summed E-state index contributed by atoms with van der Waals surface area (Å²) in [4.78, 5) is 0.248. The number of nitriles is 1. The monoisotopic (exact) mass is 279 g/mol. The van der Waals surface area contributed by atoms with Crippen molar-refractivity contribution in [2.75, 3.05) is 12.3 Å². The second kappa shape index (κ2) is 5.19. The van der Waals surface area contributed by atoms with Crippen molar-refractivity contribution in [1.29, 1.82) is 5.26 Å². The number of hydrogen-bond acceptors (Lipinski definition) is 4. The highest BCUT2D eigenvalue weighted by molar-refractivity contribution is 7.89. The van der Waals surface area contributed by atoms with Crippen molar-refractivity contribution in [3.63, 3.8) is 0 Å². The van der Waals surface area contributed by atoms with Crippen LogP contribution < -0.4 is 5.73 Å². The van der Waals surface area contributed by atoms with Crippen LogP contribution in [0.3, 0.4) is 0 Å². The fourth-order valence-corrected chi connectivity index (χ4v) is 3.99. The Balaban J connectivity index is 2.39. The molecule has 6 heteroatoms. The van der Waals surface area contributed by atoms with Crippen molar-refractivity contribution in [2.45, 2.75) is 37.1 Å². The molecule has 1 aliphatic rings. The first kappa shape index (κ1) is 13.8. The topological polar surface area (TPSA) is 87.2 Å². The molecule has 2 rings (SSSR count). The maximum atomic E-state index is 12.7. The van der Waals surface area contributed by atoms with E-state index in [0.29, 0.717) is 11.3 Å². The molecule has 0 spiro atoms. The molecule has 0 amide bonds. The van der Waals surface area contributed by atoms with Crippen LogP contribution in [-0.2, 0) is 10.0 Å². The van der Waals surface area contributed by atoms with Crippen LogP contribution in [-0.4, -0.2) is 25.3 Å². The Kier molecular flexibility index (Phi) is 3.78. The number of nitrogen functional groups attached to an aromatic ring is 1. The lowest BCUT2D eigenvalue weighted by Crippen LogP contribution is -2.34. The van der Waals surface area contributed by atoms with Gasteiger partial charge < -0.3 is 5.73 Å². The number of sulfonamides is 1. The van der Waals surface area contributed by atoms with Gasteiger partial charge in [0.25, 0.3) is 0 Å². The Morgan fingerprint density at radius 2 is 2.16 bits per heavy atom. The molecule has 2 N–H and O–H groups in total. The molecule has 1 aromatic rings. The van der Waals surface area contributed by atoms with E-state index in [1.807, 2.05) is 6.07 Å². The highest BCUT2D eigenvalue weighted by atomic mass is 32.2. The zero-order chi connectivity index (χ0) is 14.0. The molecule has 19 heavy (non-hydrogen) atoms. The van der Waals surface area contributed by atoms with E-state index < -0.39 is 10.0 Å². The summed E-state index contributed by atoms with van der Waals surface area (Å²) < 4.78 is 26.7. The predicted molar refractivity (Wildman–Crippen MR) is 72.7 cm³/mol. The predicted octanol–water partition coefficient (Wildman–Crippen LogP) is 1.64. The molecule has 0 radical (unpaired) electrons. The van der Waals surface area contributed by atoms with E-state index in [2.05, 4.69) is 0 Å². The van der Waals surface area contributed by atoms with Gasteiger partial charge in [0.05, 0.1) is 11.0 Å². The van der Waals surface area contributed by atoms with Crippen molar-refractivity contribution in [3.05, 3.63) is 23.8 Å². The van der Waals surface area contributed by atoms with E-state index >= 15 is 0 Å². The van der Waals surface area contributed by atoms with Crippen LogP contribution >= 0.6 is 0 Å². The molecule has 0 aromatic heterocycles. The molecular weight excluding hydrogens is 262 g/mol. The van der Waals surface area contributed by atoms with Gasteiger partial charge in [0.15, 0.2) is 0 Å². The molecule has 0 aliphatic heterocycles. The van der Waals surface area contributed by atoms with Crippen LogP contribution in [0.2, 0.25) is 0 Å². The highest BCUT2D eigenvalue weighted by Gasteiger charge is 2.38. The van der Waals surface area contributed by atoms with E-state index in [-0.39, 0.29) is 23.9 Å². The Morgan fingerprint density at radius 3 is 2.74 bits per heavy atom. The van der Waals surface area contributed by atoms with Gasteiger partial charge in [-0.2, -0.15) is 9.57 Å². The van der Waals surface area contributed by atoms with Gasteiger partial charge in [-0.3, -0.25) is 0 Å². The van der Waals surface area contributed by atoms with Crippen molar-refractivity contribution >= 4 is 15.7 Å². The van der Waals surface area contributed by atoms with Gasteiger partial charge in [-0.05, 0) is 37.5 Å². The van der Waals surface area contributed by atoms with Gasteiger partial charge in [-0.1, -0.05) is 6.07 Å². The Labute approximate surface area is 113 Å². The number of nitrogens with two attached hydrogens (primary N) is 1. The molecule has 1 aliphatic carbocycles. The summed E-state index contributed by atoms with van der Waals surface area (Å²) >= 11 is 0. The Morgan fingerprint density at radius 1 is 1.47 bits per heavy atom. The third kappa shape index (κ3) is 2.88. The molecule has 0 heterocycles. The van der Waals surface area contributed by atoms with Gasteiger partial charge in [-0.15, -0.1) is 0 Å². The summed E-state index contributed by atoms with van der Waals surface area (Å²) in [7, 11) is -3.56. The summed E-state index contributed by atoms with van der Waals surface area (Å²) in [6, 6.07) is 6.92. The first-order valence-corrected chi connectivity index (χ1v) is 7.65. The summed E-state index contributed by atoms with van der Waals surface area (Å²) in [6.07, 6.45) is 1.94. The quantitative estimate of drug-likeness (QED) is 0.830. The Bertz CT molecular complexity index is 615. The van der Waals surface area contributed by atoms with E-state index in [1.54, 1.807) is 19.1 Å². The second-order valence-electron chi connectivity index (χ2n) is 4.78. The zero-order valence-electron chi connectivity index (χ0n) is 10.8. The van der Waals surface area contributed by atoms with Crippen LogP contribution in [0.15, 0.2) is 23.1 Å². The molecular formula is C13H17N3O2S. The van der Waals surface area contributed by atoms with Gasteiger partial charge in [0, 0.05) is 24.7 Å². The fraction of sp³-hybridized carbons (Fsp3) is 0.462. The lowest BCUT2D eigenvalue weighted by atomic mass is 10.2. The van der Waals surface area contributed by atoms with Crippen LogP contribution in [0, 0.1) is 18.3 Å². The molecule has 0 unspecified atom stereocenters. The standard InChI is InChI=1S/C13H17N3O2S/c1-10-3-4-11(15)9-13(10)19(17,18)16(8-2-7-14)12-5-6-12/h3-4,9,12H,2,5-6,8,15H2,1H3. The Hall–Kier alpha value is -1.58. The number of anilines is 1. The maximum Gasteiger partial charge on any atom is 0.243 e. The molecule has 1 saturated carbocycles. The van der Waals surface area contributed by atoms with E-state index in [1.165, 1.54) is 10.4 Å². The molecule has 0 atom stereocenters. The van der Waals surface area contributed by atoms with Crippen LogP contribution in [0.1, 0.15) is 24.8 Å². The van der Waals surface area contributed by atoms with E-state index in [0.717, 1.165) is 12.8 Å². The van der Waals surface area contributed by atoms with Crippen LogP contribution in [0.4, 0.5) is 5.69 Å². The smallest absolute Gasteiger partial charge is 0.243 e. The molecule has 0 saturated heterocycles. The lowest BCUT2D eigenvalue weighted by Gasteiger charge is -2.22. The maximum absolute atomic E-state index is 12.7. The van der Waals surface area contributed by atoms with Gasteiger partial charge in [0.1, 0.15) is 0 Å². The number of hydrogen-bond donors (Lipinski definition) is 1. The summed E-state index contributed by atoms with van der Waals surface area (Å²) in [5.41, 5.74) is 6.79. The molecule has 1 fully saturated rings. The highest BCUT2D eigenvalue weighted by Crippen LogP contribution is 2.33. The van der Waals surface area contributed by atoms with Crippen molar-refractivity contribution < 1.29 is 8.42 Å². The van der Waals surface area contributed by atoms with Crippen molar-refractivity contribution in [1.82, 2.24) is 4.31 Å². The summed E-state index contributed by atoms with van der Waals surface area (Å²) in [5.74, 6) is 0. The van der Waals surface area contributed by atoms with E-state index in [4.69, 9.17) is 11.0 Å². The zero-order valence-corrected chi connectivity index (χ0v) is 11.7. The first-order chi connectivity index (χ1) is 8.96. The molecule has 0 bridgehead atoms. The number of nitrogens with zero attached hydrogens (tertiary/aromatic N) is 2. The molecule has 5 nitrogen and oxygen atoms in total. The van der Waals surface area contributed by atoms with Crippen LogP contribution in [0.5, 0.6) is 0 Å². The number of rotatable bonds is 5. The van der Waals surface area contributed by atoms with Gasteiger partial charge in [-0.25, -0.2) is 8.42 Å². The largest absolute Gasteiger partial charge is 0.399 e. The molecule has 102 valence electrons. The first-order valence-electron chi connectivity index (χ1n) is 6.21.